The molecule has 0 aromatic heterocycles. The van der Waals surface area contributed by atoms with E-state index in [-0.39, 0.29) is 1.43 Å². The second-order valence-electron chi connectivity index (χ2n) is 3.68. The fraction of sp³-hybridized carbons (Fsp3) is 1.00. The quantitative estimate of drug-likeness (QED) is 0.625. The maximum absolute atomic E-state index is 3.56. The fourth-order valence-electron chi connectivity index (χ4n) is 2.02. The summed E-state index contributed by atoms with van der Waals surface area (Å²) in [5.74, 6) is 1.76. The monoisotopic (exact) mass is 143 g/mol. The topological polar surface area (TPSA) is 12.0 Å². The van der Waals surface area contributed by atoms with Crippen molar-refractivity contribution in [2.75, 3.05) is 6.54 Å². The molecule has 1 N–H and O–H groups in total. The molecule has 10 heavy (non-hydrogen) atoms. The Labute approximate surface area is 65.7 Å². The molecule has 0 aromatic rings. The molecule has 0 aromatic carbocycles. The van der Waals surface area contributed by atoms with E-state index >= 15 is 0 Å². The second-order valence-corrected chi connectivity index (χ2v) is 3.68. The van der Waals surface area contributed by atoms with Gasteiger partial charge in [-0.25, -0.2) is 0 Å². The van der Waals surface area contributed by atoms with Crippen molar-refractivity contribution in [1.82, 2.24) is 5.32 Å². The molecule has 1 heteroatoms. The lowest BCUT2D eigenvalue weighted by Crippen LogP contribution is -2.31. The van der Waals surface area contributed by atoms with Crippen LogP contribution >= 0.6 is 0 Å². The van der Waals surface area contributed by atoms with Gasteiger partial charge in [-0.2, -0.15) is 0 Å². The van der Waals surface area contributed by atoms with Crippen LogP contribution < -0.4 is 5.32 Å². The standard InChI is InChI=1S/C9H19N.H2/c1-4-8-5-6-10-9(8)7(2)3;/h7-10H,4-6H2,1-3H3;1H. The van der Waals surface area contributed by atoms with E-state index in [1.54, 1.807) is 0 Å². The van der Waals surface area contributed by atoms with Gasteiger partial charge in [0.1, 0.15) is 0 Å². The molecule has 1 nitrogen and oxygen atoms in total. The van der Waals surface area contributed by atoms with Crippen LogP contribution in [0.2, 0.25) is 0 Å². The average molecular weight is 143 g/mol. The Morgan fingerprint density at radius 1 is 1.60 bits per heavy atom. The fourth-order valence-corrected chi connectivity index (χ4v) is 2.02. The Kier molecular flexibility index (Phi) is 2.72. The highest BCUT2D eigenvalue weighted by molar-refractivity contribution is 4.84. The van der Waals surface area contributed by atoms with Gasteiger partial charge in [-0.1, -0.05) is 27.2 Å². The zero-order valence-corrected chi connectivity index (χ0v) is 7.35. The van der Waals surface area contributed by atoms with E-state index in [4.69, 9.17) is 0 Å². The number of hydrogen-bond donors (Lipinski definition) is 1. The molecule has 0 radical (unpaired) electrons. The van der Waals surface area contributed by atoms with E-state index in [1.807, 2.05) is 0 Å². The lowest BCUT2D eigenvalue weighted by Gasteiger charge is -2.21. The summed E-state index contributed by atoms with van der Waals surface area (Å²) in [7, 11) is 0. The molecule has 0 amide bonds. The second kappa shape index (κ2) is 3.38. The first-order valence-electron chi connectivity index (χ1n) is 4.49. The van der Waals surface area contributed by atoms with Gasteiger partial charge >= 0.3 is 0 Å². The van der Waals surface area contributed by atoms with Crippen molar-refractivity contribution in [2.24, 2.45) is 11.8 Å². The predicted molar refractivity (Wildman–Crippen MR) is 47.1 cm³/mol. The minimum atomic E-state index is 0. The van der Waals surface area contributed by atoms with Crippen LogP contribution in [0.4, 0.5) is 0 Å². The molecule has 1 rings (SSSR count). The van der Waals surface area contributed by atoms with E-state index in [0.29, 0.717) is 0 Å². The number of rotatable bonds is 2. The van der Waals surface area contributed by atoms with Gasteiger partial charge in [0, 0.05) is 7.47 Å². The summed E-state index contributed by atoms with van der Waals surface area (Å²) < 4.78 is 0. The third-order valence-electron chi connectivity index (χ3n) is 2.65. The molecular formula is C9H21N. The first kappa shape index (κ1) is 8.06. The molecule has 0 aliphatic carbocycles. The summed E-state index contributed by atoms with van der Waals surface area (Å²) in [4.78, 5) is 0. The van der Waals surface area contributed by atoms with Crippen LogP contribution in [-0.4, -0.2) is 12.6 Å². The SMILES string of the molecule is CCC1CCNC1C(C)C.[HH]. The smallest absolute Gasteiger partial charge is 0.0119 e. The molecule has 2 atom stereocenters. The van der Waals surface area contributed by atoms with Gasteiger partial charge < -0.3 is 5.32 Å². The highest BCUT2D eigenvalue weighted by Gasteiger charge is 2.26. The van der Waals surface area contributed by atoms with Crippen molar-refractivity contribution in [1.29, 1.82) is 0 Å². The molecule has 1 aliphatic heterocycles. The summed E-state index contributed by atoms with van der Waals surface area (Å²) in [6, 6.07) is 0.796. The minimum Gasteiger partial charge on any atom is -0.313 e. The zero-order valence-electron chi connectivity index (χ0n) is 7.35. The van der Waals surface area contributed by atoms with Crippen molar-refractivity contribution < 1.29 is 1.43 Å². The van der Waals surface area contributed by atoms with E-state index in [2.05, 4.69) is 26.1 Å². The molecular weight excluding hydrogens is 122 g/mol. The van der Waals surface area contributed by atoms with Gasteiger partial charge in [-0.3, -0.25) is 0 Å². The molecule has 1 heterocycles. The molecule has 0 bridgehead atoms. The summed E-state index contributed by atoms with van der Waals surface area (Å²) in [6.45, 7) is 8.16. The van der Waals surface area contributed by atoms with Crippen molar-refractivity contribution in [3.8, 4) is 0 Å². The Morgan fingerprint density at radius 3 is 2.70 bits per heavy atom. The van der Waals surface area contributed by atoms with Crippen LogP contribution in [0.15, 0.2) is 0 Å². The summed E-state index contributed by atoms with van der Waals surface area (Å²) in [5, 5.41) is 3.56. The number of nitrogens with one attached hydrogen (secondary N) is 1. The Morgan fingerprint density at radius 2 is 2.30 bits per heavy atom. The first-order chi connectivity index (χ1) is 4.75. The Hall–Kier alpha value is -0.0400. The minimum absolute atomic E-state index is 0. The summed E-state index contributed by atoms with van der Waals surface area (Å²) >= 11 is 0. The maximum atomic E-state index is 3.56. The third kappa shape index (κ3) is 1.51. The number of hydrogen-bond acceptors (Lipinski definition) is 1. The zero-order chi connectivity index (χ0) is 7.56. The van der Waals surface area contributed by atoms with Crippen molar-refractivity contribution in [3.63, 3.8) is 0 Å². The molecule has 1 aliphatic rings. The van der Waals surface area contributed by atoms with Crippen LogP contribution in [0.1, 0.15) is 35.0 Å². The molecule has 1 saturated heterocycles. The van der Waals surface area contributed by atoms with Crippen LogP contribution in [0.25, 0.3) is 0 Å². The van der Waals surface area contributed by atoms with Crippen LogP contribution in [0.5, 0.6) is 0 Å². The van der Waals surface area contributed by atoms with Crippen LogP contribution in [0.3, 0.4) is 0 Å². The maximum Gasteiger partial charge on any atom is 0.0119 e. The largest absolute Gasteiger partial charge is 0.313 e. The summed E-state index contributed by atoms with van der Waals surface area (Å²) in [5.41, 5.74) is 0. The lowest BCUT2D eigenvalue weighted by atomic mass is 9.90. The van der Waals surface area contributed by atoms with E-state index in [9.17, 15) is 0 Å². The first-order valence-corrected chi connectivity index (χ1v) is 4.49. The van der Waals surface area contributed by atoms with Crippen molar-refractivity contribution in [3.05, 3.63) is 0 Å². The predicted octanol–water partition coefficient (Wildman–Crippen LogP) is 2.28. The van der Waals surface area contributed by atoms with Gasteiger partial charge in [0.15, 0.2) is 0 Å². The van der Waals surface area contributed by atoms with Crippen LogP contribution in [-0.2, 0) is 0 Å². The molecule has 0 spiro atoms. The molecule has 0 saturated carbocycles. The Bertz CT molecular complexity index is 104. The highest BCUT2D eigenvalue weighted by atomic mass is 15.0. The molecule has 62 valence electrons. The van der Waals surface area contributed by atoms with E-state index in [1.165, 1.54) is 19.4 Å². The van der Waals surface area contributed by atoms with Gasteiger partial charge in [0.2, 0.25) is 0 Å². The van der Waals surface area contributed by atoms with Gasteiger partial charge in [0.25, 0.3) is 0 Å². The lowest BCUT2D eigenvalue weighted by molar-refractivity contribution is 0.347. The van der Waals surface area contributed by atoms with Gasteiger partial charge in [-0.15, -0.1) is 0 Å². The van der Waals surface area contributed by atoms with Gasteiger partial charge in [-0.05, 0) is 24.8 Å². The molecule has 1 fully saturated rings. The summed E-state index contributed by atoms with van der Waals surface area (Å²) in [6.07, 6.45) is 2.73. The normalized spacial score (nSPS) is 33.6. The average Bonchev–Trinajstić information content (AvgIpc) is 2.33. The van der Waals surface area contributed by atoms with Crippen molar-refractivity contribution in [2.45, 2.75) is 39.7 Å². The Balaban J connectivity index is 0.000001000. The van der Waals surface area contributed by atoms with Crippen molar-refractivity contribution >= 4 is 0 Å². The molecule has 2 unspecified atom stereocenters. The van der Waals surface area contributed by atoms with Crippen LogP contribution in [0, 0.1) is 11.8 Å². The highest BCUT2D eigenvalue weighted by Crippen LogP contribution is 2.23. The van der Waals surface area contributed by atoms with E-state index in [0.717, 1.165) is 17.9 Å². The van der Waals surface area contributed by atoms with E-state index < -0.39 is 0 Å². The third-order valence-corrected chi connectivity index (χ3v) is 2.65. The van der Waals surface area contributed by atoms with Gasteiger partial charge in [0.05, 0.1) is 0 Å².